The normalized spacial score (nSPS) is 18.9. The summed E-state index contributed by atoms with van der Waals surface area (Å²) < 4.78 is 32.7. The van der Waals surface area contributed by atoms with Gasteiger partial charge in [-0.15, -0.1) is 0 Å². The molecule has 0 aromatic heterocycles. The van der Waals surface area contributed by atoms with Gasteiger partial charge in [0, 0.05) is 17.9 Å². The molecule has 8 nitrogen and oxygen atoms in total. The predicted octanol–water partition coefficient (Wildman–Crippen LogP) is 3.34. The zero-order valence-corrected chi connectivity index (χ0v) is 17.9. The number of methoxy groups -OCH3 is 3. The number of Topliss-reactive ketones (excluding diaryl/α,β-unsaturated/α-hetero) is 1. The Morgan fingerprint density at radius 1 is 1.00 bits per heavy atom. The smallest absolute Gasteiger partial charge is 0.310 e. The number of carbonyl (C=O) groups excluding carboxylic acids is 2. The lowest BCUT2D eigenvalue weighted by atomic mass is 9.71. The maximum absolute atomic E-state index is 13.0. The summed E-state index contributed by atoms with van der Waals surface area (Å²) in [7, 11) is 4.58. The van der Waals surface area contributed by atoms with Crippen molar-refractivity contribution < 1.29 is 38.0 Å². The minimum Gasteiger partial charge on any atom is -0.493 e. The van der Waals surface area contributed by atoms with E-state index in [4.69, 9.17) is 28.4 Å². The third-order valence-electron chi connectivity index (χ3n) is 5.62. The summed E-state index contributed by atoms with van der Waals surface area (Å²) in [6, 6.07) is 7.05. The highest BCUT2D eigenvalue weighted by Gasteiger charge is 2.42. The van der Waals surface area contributed by atoms with Gasteiger partial charge in [-0.2, -0.15) is 0 Å². The first-order valence-electron chi connectivity index (χ1n) is 9.95. The first-order chi connectivity index (χ1) is 15.0. The second-order valence-corrected chi connectivity index (χ2v) is 7.21. The van der Waals surface area contributed by atoms with E-state index in [0.29, 0.717) is 39.9 Å². The molecule has 2 atom stereocenters. The standard InChI is InChI=1S/C23H24O8/c1-5-29-23(25)15-8-16(24)13-9-17-18(31-11-30-17)10-14(13)21(15)12-6-19(26-2)22(28-4)20(7-12)27-3/h6-7,9-10,15,21H,5,8,11H2,1-4H3/t15-,21-/m1/s1. The monoisotopic (exact) mass is 428 g/mol. The van der Waals surface area contributed by atoms with E-state index in [0.717, 1.165) is 5.56 Å². The molecule has 0 unspecified atom stereocenters. The molecule has 164 valence electrons. The lowest BCUT2D eigenvalue weighted by Gasteiger charge is -2.32. The molecule has 0 bridgehead atoms. The fourth-order valence-corrected chi connectivity index (χ4v) is 4.26. The van der Waals surface area contributed by atoms with Crippen molar-refractivity contribution in [1.82, 2.24) is 0 Å². The Balaban J connectivity index is 1.93. The van der Waals surface area contributed by atoms with Crippen molar-refractivity contribution in [3.63, 3.8) is 0 Å². The quantitative estimate of drug-likeness (QED) is 0.648. The van der Waals surface area contributed by atoms with Gasteiger partial charge in [0.1, 0.15) is 0 Å². The molecule has 1 heterocycles. The highest BCUT2D eigenvalue weighted by atomic mass is 16.7. The minimum atomic E-state index is -0.705. The number of hydrogen-bond donors (Lipinski definition) is 0. The SMILES string of the molecule is CCOC(=O)[C@@H]1CC(=O)c2cc3c(cc2[C@H]1c1cc(OC)c(OC)c(OC)c1)OCO3. The average Bonchev–Trinajstić information content (AvgIpc) is 3.24. The summed E-state index contributed by atoms with van der Waals surface area (Å²) in [5.74, 6) is 0.654. The molecule has 2 aromatic carbocycles. The number of esters is 1. The maximum Gasteiger partial charge on any atom is 0.310 e. The number of fused-ring (bicyclic) bond motifs is 2. The molecule has 0 spiro atoms. The first-order valence-corrected chi connectivity index (χ1v) is 9.95. The van der Waals surface area contributed by atoms with Crippen LogP contribution in [0.5, 0.6) is 28.7 Å². The van der Waals surface area contributed by atoms with Crippen molar-refractivity contribution in [3.05, 3.63) is 41.0 Å². The van der Waals surface area contributed by atoms with Crippen LogP contribution in [0.15, 0.2) is 24.3 Å². The molecule has 31 heavy (non-hydrogen) atoms. The van der Waals surface area contributed by atoms with E-state index in [9.17, 15) is 9.59 Å². The van der Waals surface area contributed by atoms with E-state index in [1.807, 2.05) is 0 Å². The van der Waals surface area contributed by atoms with E-state index in [1.165, 1.54) is 21.3 Å². The Morgan fingerprint density at radius 2 is 1.65 bits per heavy atom. The van der Waals surface area contributed by atoms with Crippen LogP contribution in [0.1, 0.15) is 40.7 Å². The molecule has 0 N–H and O–H groups in total. The van der Waals surface area contributed by atoms with Crippen LogP contribution in [0.2, 0.25) is 0 Å². The van der Waals surface area contributed by atoms with E-state index >= 15 is 0 Å². The number of benzene rings is 2. The van der Waals surface area contributed by atoms with Crippen LogP contribution in [-0.2, 0) is 9.53 Å². The van der Waals surface area contributed by atoms with E-state index < -0.39 is 17.8 Å². The Kier molecular flexibility index (Phi) is 5.63. The first kappa shape index (κ1) is 20.8. The third-order valence-corrected chi connectivity index (χ3v) is 5.62. The average molecular weight is 428 g/mol. The van der Waals surface area contributed by atoms with E-state index in [1.54, 1.807) is 31.2 Å². The summed E-state index contributed by atoms with van der Waals surface area (Å²) in [6.07, 6.45) is 0.0206. The van der Waals surface area contributed by atoms with Crippen molar-refractivity contribution in [1.29, 1.82) is 0 Å². The lowest BCUT2D eigenvalue weighted by molar-refractivity contribution is -0.148. The molecule has 4 rings (SSSR count). The summed E-state index contributed by atoms with van der Waals surface area (Å²) in [6.45, 7) is 2.05. The van der Waals surface area contributed by atoms with Crippen LogP contribution in [0.4, 0.5) is 0 Å². The Hall–Kier alpha value is -3.42. The molecule has 2 aliphatic rings. The summed E-state index contributed by atoms with van der Waals surface area (Å²) in [5, 5.41) is 0. The zero-order chi connectivity index (χ0) is 22.1. The van der Waals surface area contributed by atoms with Gasteiger partial charge in [0.2, 0.25) is 12.5 Å². The lowest BCUT2D eigenvalue weighted by Crippen LogP contribution is -2.33. The van der Waals surface area contributed by atoms with Crippen molar-refractivity contribution in [2.24, 2.45) is 5.92 Å². The van der Waals surface area contributed by atoms with Gasteiger partial charge in [0.25, 0.3) is 0 Å². The number of ketones is 1. The Morgan fingerprint density at radius 3 is 2.23 bits per heavy atom. The van der Waals surface area contributed by atoms with Gasteiger partial charge < -0.3 is 28.4 Å². The van der Waals surface area contributed by atoms with Crippen LogP contribution >= 0.6 is 0 Å². The summed E-state index contributed by atoms with van der Waals surface area (Å²) in [4.78, 5) is 25.8. The van der Waals surface area contributed by atoms with Gasteiger partial charge >= 0.3 is 5.97 Å². The maximum atomic E-state index is 13.0. The zero-order valence-electron chi connectivity index (χ0n) is 17.9. The van der Waals surface area contributed by atoms with Crippen LogP contribution in [0.3, 0.4) is 0 Å². The molecular formula is C23H24O8. The Bertz CT molecular complexity index is 1000. The molecule has 1 aliphatic carbocycles. The molecular weight excluding hydrogens is 404 g/mol. The van der Waals surface area contributed by atoms with Gasteiger partial charge in [0.05, 0.1) is 33.9 Å². The molecule has 0 saturated carbocycles. The number of hydrogen-bond acceptors (Lipinski definition) is 8. The largest absolute Gasteiger partial charge is 0.493 e. The van der Waals surface area contributed by atoms with Gasteiger partial charge in [0.15, 0.2) is 28.8 Å². The van der Waals surface area contributed by atoms with Crippen molar-refractivity contribution in [3.8, 4) is 28.7 Å². The highest BCUT2D eigenvalue weighted by molar-refractivity contribution is 6.02. The molecule has 0 saturated heterocycles. The molecule has 8 heteroatoms. The van der Waals surface area contributed by atoms with Gasteiger partial charge in [-0.25, -0.2) is 0 Å². The van der Waals surface area contributed by atoms with Gasteiger partial charge in [-0.3, -0.25) is 9.59 Å². The number of carbonyl (C=O) groups is 2. The number of ether oxygens (including phenoxy) is 6. The summed E-state index contributed by atoms with van der Waals surface area (Å²) in [5.41, 5.74) is 1.91. The topological polar surface area (TPSA) is 89.5 Å². The molecule has 1 aliphatic heterocycles. The summed E-state index contributed by atoms with van der Waals surface area (Å²) >= 11 is 0. The second kappa shape index (κ2) is 8.37. The van der Waals surface area contributed by atoms with Crippen LogP contribution in [0.25, 0.3) is 0 Å². The van der Waals surface area contributed by atoms with Crippen molar-refractivity contribution in [2.75, 3.05) is 34.7 Å². The van der Waals surface area contributed by atoms with E-state index in [-0.39, 0.29) is 25.6 Å². The Labute approximate surface area is 179 Å². The molecule has 0 radical (unpaired) electrons. The van der Waals surface area contributed by atoms with Crippen LogP contribution in [-0.4, -0.2) is 46.5 Å². The van der Waals surface area contributed by atoms with E-state index in [2.05, 4.69) is 0 Å². The van der Waals surface area contributed by atoms with Crippen LogP contribution in [0, 0.1) is 5.92 Å². The predicted molar refractivity (Wildman–Crippen MR) is 110 cm³/mol. The number of rotatable bonds is 6. The van der Waals surface area contributed by atoms with Gasteiger partial charge in [-0.05, 0) is 42.3 Å². The van der Waals surface area contributed by atoms with Crippen LogP contribution < -0.4 is 23.7 Å². The third kappa shape index (κ3) is 3.52. The van der Waals surface area contributed by atoms with Crippen molar-refractivity contribution in [2.45, 2.75) is 19.3 Å². The molecule has 2 aromatic rings. The fraction of sp³-hybridized carbons (Fsp3) is 0.391. The minimum absolute atomic E-state index is 0.0206. The fourth-order valence-electron chi connectivity index (χ4n) is 4.26. The molecule has 0 fully saturated rings. The van der Waals surface area contributed by atoms with Gasteiger partial charge in [-0.1, -0.05) is 0 Å². The second-order valence-electron chi connectivity index (χ2n) is 7.21. The molecule has 0 amide bonds. The van der Waals surface area contributed by atoms with Crippen molar-refractivity contribution >= 4 is 11.8 Å². The highest BCUT2D eigenvalue weighted by Crippen LogP contribution is 2.49.